The summed E-state index contributed by atoms with van der Waals surface area (Å²) in [4.78, 5) is 16.4. The second-order valence-corrected chi connectivity index (χ2v) is 4.75. The molecule has 1 amide bonds. The van der Waals surface area contributed by atoms with Gasteiger partial charge in [-0.1, -0.05) is 29.8 Å². The SMILES string of the molecule is Cc1nc(Cl)ccc1NC(=O)c1coc2ccccc12. The zero-order valence-electron chi connectivity index (χ0n) is 10.7. The number of hydrogen-bond donors (Lipinski definition) is 1. The summed E-state index contributed by atoms with van der Waals surface area (Å²) in [6.45, 7) is 1.79. The fourth-order valence-electron chi connectivity index (χ4n) is 2.01. The van der Waals surface area contributed by atoms with Crippen molar-refractivity contribution in [3.05, 3.63) is 59.1 Å². The Labute approximate surface area is 120 Å². The first kappa shape index (κ1) is 12.7. The summed E-state index contributed by atoms with van der Waals surface area (Å²) in [5.74, 6) is -0.234. The molecule has 0 aliphatic heterocycles. The maximum absolute atomic E-state index is 12.3. The summed E-state index contributed by atoms with van der Waals surface area (Å²) in [6, 6.07) is 10.8. The average Bonchev–Trinajstić information content (AvgIpc) is 2.86. The molecular formula is C15H11ClN2O2. The Morgan fingerprint density at radius 1 is 1.25 bits per heavy atom. The lowest BCUT2D eigenvalue weighted by Crippen LogP contribution is -2.12. The number of nitrogens with one attached hydrogen (secondary N) is 1. The van der Waals surface area contributed by atoms with Gasteiger partial charge < -0.3 is 9.73 Å². The maximum Gasteiger partial charge on any atom is 0.259 e. The van der Waals surface area contributed by atoms with E-state index in [1.165, 1.54) is 6.26 Å². The molecule has 0 bridgehead atoms. The first-order valence-electron chi connectivity index (χ1n) is 6.06. The lowest BCUT2D eigenvalue weighted by atomic mass is 10.1. The molecule has 0 aliphatic carbocycles. The third-order valence-corrected chi connectivity index (χ3v) is 3.24. The van der Waals surface area contributed by atoms with Crippen LogP contribution in [0.1, 0.15) is 16.1 Å². The highest BCUT2D eigenvalue weighted by Gasteiger charge is 2.14. The van der Waals surface area contributed by atoms with Crippen molar-refractivity contribution in [3.63, 3.8) is 0 Å². The smallest absolute Gasteiger partial charge is 0.259 e. The summed E-state index contributed by atoms with van der Waals surface area (Å²) in [5, 5.41) is 3.99. The van der Waals surface area contributed by atoms with E-state index in [2.05, 4.69) is 10.3 Å². The Hall–Kier alpha value is -2.33. The number of halogens is 1. The van der Waals surface area contributed by atoms with E-state index in [4.69, 9.17) is 16.0 Å². The third kappa shape index (κ3) is 2.26. The molecule has 1 aromatic carbocycles. The molecule has 100 valence electrons. The van der Waals surface area contributed by atoms with E-state index >= 15 is 0 Å². The van der Waals surface area contributed by atoms with Gasteiger partial charge in [-0.3, -0.25) is 4.79 Å². The van der Waals surface area contributed by atoms with Gasteiger partial charge in [0.25, 0.3) is 5.91 Å². The standard InChI is InChI=1S/C15H11ClN2O2/c1-9-12(6-7-14(16)17-9)18-15(19)11-8-20-13-5-3-2-4-10(11)13/h2-8H,1H3,(H,18,19). The number of aryl methyl sites for hydroxylation is 1. The van der Waals surface area contributed by atoms with Crippen molar-refractivity contribution in [2.45, 2.75) is 6.92 Å². The van der Waals surface area contributed by atoms with E-state index in [9.17, 15) is 4.79 Å². The average molecular weight is 287 g/mol. The predicted molar refractivity (Wildman–Crippen MR) is 78.2 cm³/mol. The molecule has 2 heterocycles. The van der Waals surface area contributed by atoms with Crippen LogP contribution in [-0.2, 0) is 0 Å². The van der Waals surface area contributed by atoms with E-state index in [-0.39, 0.29) is 5.91 Å². The molecule has 0 aliphatic rings. The lowest BCUT2D eigenvalue weighted by Gasteiger charge is -2.06. The Morgan fingerprint density at radius 3 is 2.85 bits per heavy atom. The quantitative estimate of drug-likeness (QED) is 0.723. The van der Waals surface area contributed by atoms with Crippen molar-refractivity contribution in [2.24, 2.45) is 0 Å². The van der Waals surface area contributed by atoms with Crippen LogP contribution in [0, 0.1) is 6.92 Å². The molecule has 0 fully saturated rings. The molecule has 3 aromatic rings. The van der Waals surface area contributed by atoms with Gasteiger partial charge in [0.15, 0.2) is 0 Å². The van der Waals surface area contributed by atoms with Crippen LogP contribution in [0.5, 0.6) is 0 Å². The summed E-state index contributed by atoms with van der Waals surface area (Å²) in [6.07, 6.45) is 1.46. The molecule has 0 atom stereocenters. The van der Waals surface area contributed by atoms with Crippen molar-refractivity contribution in [1.82, 2.24) is 4.98 Å². The van der Waals surface area contributed by atoms with Crippen molar-refractivity contribution >= 4 is 34.2 Å². The van der Waals surface area contributed by atoms with E-state index in [0.717, 1.165) is 5.39 Å². The number of aromatic nitrogens is 1. The molecule has 4 nitrogen and oxygen atoms in total. The van der Waals surface area contributed by atoms with Gasteiger partial charge in [0, 0.05) is 5.39 Å². The Kier molecular flexibility index (Phi) is 3.16. The van der Waals surface area contributed by atoms with Gasteiger partial charge in [0.2, 0.25) is 0 Å². The Bertz CT molecular complexity index is 795. The van der Waals surface area contributed by atoms with Gasteiger partial charge in [-0.15, -0.1) is 0 Å². The fourth-order valence-corrected chi connectivity index (χ4v) is 2.20. The molecule has 1 N–H and O–H groups in total. The first-order valence-corrected chi connectivity index (χ1v) is 6.43. The molecule has 0 unspecified atom stereocenters. The predicted octanol–water partition coefficient (Wildman–Crippen LogP) is 4.04. The molecular weight excluding hydrogens is 276 g/mol. The Balaban J connectivity index is 1.93. The second-order valence-electron chi connectivity index (χ2n) is 4.37. The maximum atomic E-state index is 12.3. The lowest BCUT2D eigenvalue weighted by molar-refractivity contribution is 0.102. The van der Waals surface area contributed by atoms with Crippen LogP contribution in [0.15, 0.2) is 47.1 Å². The minimum Gasteiger partial charge on any atom is -0.463 e. The van der Waals surface area contributed by atoms with Crippen LogP contribution in [-0.4, -0.2) is 10.9 Å². The first-order chi connectivity index (χ1) is 9.65. The molecule has 5 heteroatoms. The number of hydrogen-bond acceptors (Lipinski definition) is 3. The number of rotatable bonds is 2. The van der Waals surface area contributed by atoms with Crippen LogP contribution in [0.2, 0.25) is 5.15 Å². The zero-order chi connectivity index (χ0) is 14.1. The van der Waals surface area contributed by atoms with E-state index < -0.39 is 0 Å². The summed E-state index contributed by atoms with van der Waals surface area (Å²) in [7, 11) is 0. The molecule has 0 saturated heterocycles. The number of nitrogens with zero attached hydrogens (tertiary/aromatic N) is 1. The third-order valence-electron chi connectivity index (χ3n) is 3.03. The van der Waals surface area contributed by atoms with Crippen molar-refractivity contribution in [1.29, 1.82) is 0 Å². The summed E-state index contributed by atoms with van der Waals surface area (Å²) >= 11 is 5.79. The van der Waals surface area contributed by atoms with Crippen molar-refractivity contribution in [3.8, 4) is 0 Å². The number of para-hydroxylation sites is 1. The highest BCUT2D eigenvalue weighted by atomic mass is 35.5. The van der Waals surface area contributed by atoms with Crippen molar-refractivity contribution in [2.75, 3.05) is 5.32 Å². The number of amides is 1. The highest BCUT2D eigenvalue weighted by molar-refractivity contribution is 6.29. The van der Waals surface area contributed by atoms with Gasteiger partial charge >= 0.3 is 0 Å². The molecule has 0 saturated carbocycles. The van der Waals surface area contributed by atoms with E-state index in [0.29, 0.717) is 27.7 Å². The number of pyridine rings is 1. The van der Waals surface area contributed by atoms with Crippen LogP contribution in [0.25, 0.3) is 11.0 Å². The van der Waals surface area contributed by atoms with Crippen LogP contribution in [0.4, 0.5) is 5.69 Å². The minimum atomic E-state index is -0.234. The number of fused-ring (bicyclic) bond motifs is 1. The number of furan rings is 1. The monoisotopic (exact) mass is 286 g/mol. The number of carbonyl (C=O) groups is 1. The van der Waals surface area contributed by atoms with Gasteiger partial charge in [0.05, 0.1) is 16.9 Å². The number of anilines is 1. The molecule has 20 heavy (non-hydrogen) atoms. The van der Waals surface area contributed by atoms with Gasteiger partial charge in [-0.05, 0) is 25.1 Å². The van der Waals surface area contributed by atoms with Gasteiger partial charge in [-0.25, -0.2) is 4.98 Å². The van der Waals surface area contributed by atoms with Crippen LogP contribution in [0.3, 0.4) is 0 Å². The zero-order valence-corrected chi connectivity index (χ0v) is 11.4. The summed E-state index contributed by atoms with van der Waals surface area (Å²) in [5.41, 5.74) is 2.47. The second kappa shape index (κ2) is 4.98. The molecule has 0 radical (unpaired) electrons. The molecule has 0 spiro atoms. The van der Waals surface area contributed by atoms with E-state index in [1.54, 1.807) is 19.1 Å². The molecule has 3 rings (SSSR count). The molecule has 2 aromatic heterocycles. The largest absolute Gasteiger partial charge is 0.463 e. The topological polar surface area (TPSA) is 55.1 Å². The number of carbonyl (C=O) groups excluding carboxylic acids is 1. The Morgan fingerprint density at radius 2 is 2.05 bits per heavy atom. The van der Waals surface area contributed by atoms with Crippen LogP contribution < -0.4 is 5.32 Å². The fraction of sp³-hybridized carbons (Fsp3) is 0.0667. The normalized spacial score (nSPS) is 10.7. The van der Waals surface area contributed by atoms with Crippen LogP contribution >= 0.6 is 11.6 Å². The van der Waals surface area contributed by atoms with E-state index in [1.807, 2.05) is 24.3 Å². The van der Waals surface area contributed by atoms with Crippen molar-refractivity contribution < 1.29 is 9.21 Å². The summed E-state index contributed by atoms with van der Waals surface area (Å²) < 4.78 is 5.36. The number of benzene rings is 1. The van der Waals surface area contributed by atoms with Gasteiger partial charge in [0.1, 0.15) is 17.0 Å². The minimum absolute atomic E-state index is 0.234. The highest BCUT2D eigenvalue weighted by Crippen LogP contribution is 2.23. The van der Waals surface area contributed by atoms with Gasteiger partial charge in [-0.2, -0.15) is 0 Å².